The van der Waals surface area contributed by atoms with Gasteiger partial charge >= 0.3 is 0 Å². The van der Waals surface area contributed by atoms with Crippen molar-refractivity contribution in [2.24, 2.45) is 11.8 Å². The van der Waals surface area contributed by atoms with Gasteiger partial charge < -0.3 is 16.2 Å². The lowest BCUT2D eigenvalue weighted by Crippen LogP contribution is -2.21. The highest BCUT2D eigenvalue weighted by Gasteiger charge is 2.26. The minimum Gasteiger partial charge on any atom is -0.397 e. The van der Waals surface area contributed by atoms with Crippen molar-refractivity contribution >= 4 is 21.2 Å². The highest BCUT2D eigenvalue weighted by Crippen LogP contribution is 2.32. The topological polar surface area (TPSA) is 92.4 Å². The minimum atomic E-state index is -3.23. The van der Waals surface area contributed by atoms with Crippen molar-refractivity contribution in [1.82, 2.24) is 0 Å². The van der Waals surface area contributed by atoms with Crippen molar-refractivity contribution in [1.29, 1.82) is 0 Å². The molecule has 4 N–H and O–H groups in total. The summed E-state index contributed by atoms with van der Waals surface area (Å²) in [6, 6.07) is 4.75. The van der Waals surface area contributed by atoms with Crippen LogP contribution in [0.15, 0.2) is 23.1 Å². The first-order valence-electron chi connectivity index (χ1n) is 6.86. The van der Waals surface area contributed by atoms with Gasteiger partial charge in [0.2, 0.25) is 0 Å². The van der Waals surface area contributed by atoms with E-state index in [2.05, 4.69) is 5.32 Å². The van der Waals surface area contributed by atoms with E-state index in [4.69, 9.17) is 5.73 Å². The Bertz CT molecular complexity index is 572. The fourth-order valence-electron chi connectivity index (χ4n) is 2.80. The van der Waals surface area contributed by atoms with Crippen LogP contribution in [0.2, 0.25) is 0 Å². The van der Waals surface area contributed by atoms with Gasteiger partial charge in [0, 0.05) is 19.4 Å². The van der Waals surface area contributed by atoms with Crippen LogP contribution in [0.25, 0.3) is 0 Å². The first kappa shape index (κ1) is 15.1. The van der Waals surface area contributed by atoms with Crippen molar-refractivity contribution in [3.8, 4) is 0 Å². The second-order valence-electron chi connectivity index (χ2n) is 5.54. The van der Waals surface area contributed by atoms with Gasteiger partial charge in [-0.05, 0) is 42.9 Å². The smallest absolute Gasteiger partial charge is 0.175 e. The predicted octanol–water partition coefficient (Wildman–Crippen LogP) is 1.49. The average molecular weight is 298 g/mol. The van der Waals surface area contributed by atoms with Gasteiger partial charge in [0.15, 0.2) is 9.84 Å². The fourth-order valence-corrected chi connectivity index (χ4v) is 3.45. The SMILES string of the molecule is CS(=O)(=O)c1ccc(NCC2CCCC2CO)c(N)c1. The van der Waals surface area contributed by atoms with Gasteiger partial charge in [-0.3, -0.25) is 0 Å². The molecule has 2 unspecified atom stereocenters. The summed E-state index contributed by atoms with van der Waals surface area (Å²) in [6.45, 7) is 0.989. The van der Waals surface area contributed by atoms with Crippen LogP contribution < -0.4 is 11.1 Å². The van der Waals surface area contributed by atoms with Crippen LogP contribution in [-0.4, -0.2) is 32.9 Å². The molecule has 0 bridgehead atoms. The molecule has 1 aliphatic carbocycles. The fraction of sp³-hybridized carbons (Fsp3) is 0.571. The van der Waals surface area contributed by atoms with E-state index in [1.165, 1.54) is 12.3 Å². The highest BCUT2D eigenvalue weighted by molar-refractivity contribution is 7.90. The van der Waals surface area contributed by atoms with E-state index in [0.717, 1.165) is 31.5 Å². The number of aliphatic hydroxyl groups is 1. The summed E-state index contributed by atoms with van der Waals surface area (Å²) in [5.41, 5.74) is 7.08. The molecule has 0 heterocycles. The number of nitrogens with one attached hydrogen (secondary N) is 1. The zero-order valence-corrected chi connectivity index (χ0v) is 12.5. The van der Waals surface area contributed by atoms with Crippen LogP contribution >= 0.6 is 0 Å². The normalized spacial score (nSPS) is 22.9. The van der Waals surface area contributed by atoms with Gasteiger partial charge in [-0.1, -0.05) is 6.42 Å². The van der Waals surface area contributed by atoms with Gasteiger partial charge in [-0.2, -0.15) is 0 Å². The number of aliphatic hydroxyl groups excluding tert-OH is 1. The maximum Gasteiger partial charge on any atom is 0.175 e. The Morgan fingerprint density at radius 3 is 2.65 bits per heavy atom. The number of nitrogen functional groups attached to an aromatic ring is 1. The van der Waals surface area contributed by atoms with E-state index < -0.39 is 9.84 Å². The summed E-state index contributed by atoms with van der Waals surface area (Å²) in [5.74, 6) is 0.813. The molecule has 20 heavy (non-hydrogen) atoms. The van der Waals surface area contributed by atoms with Crippen LogP contribution in [-0.2, 0) is 9.84 Å². The van der Waals surface area contributed by atoms with Crippen molar-refractivity contribution in [3.63, 3.8) is 0 Å². The van der Waals surface area contributed by atoms with Crippen molar-refractivity contribution in [3.05, 3.63) is 18.2 Å². The maximum atomic E-state index is 11.4. The zero-order valence-electron chi connectivity index (χ0n) is 11.7. The molecule has 5 nitrogen and oxygen atoms in total. The number of hydrogen-bond donors (Lipinski definition) is 3. The summed E-state index contributed by atoms with van der Waals surface area (Å²) in [6.07, 6.45) is 4.50. The maximum absolute atomic E-state index is 11.4. The first-order valence-corrected chi connectivity index (χ1v) is 8.75. The molecule has 2 rings (SSSR count). The number of anilines is 2. The molecule has 0 aromatic heterocycles. The third-order valence-electron chi connectivity index (χ3n) is 4.06. The lowest BCUT2D eigenvalue weighted by Gasteiger charge is -2.19. The lowest BCUT2D eigenvalue weighted by atomic mass is 9.97. The summed E-state index contributed by atoms with van der Waals surface area (Å²) < 4.78 is 22.9. The minimum absolute atomic E-state index is 0.231. The van der Waals surface area contributed by atoms with E-state index in [-0.39, 0.29) is 11.5 Å². The molecule has 0 radical (unpaired) electrons. The number of rotatable bonds is 5. The Morgan fingerprint density at radius 2 is 2.05 bits per heavy atom. The lowest BCUT2D eigenvalue weighted by molar-refractivity contribution is 0.199. The second kappa shape index (κ2) is 6.01. The van der Waals surface area contributed by atoms with E-state index in [0.29, 0.717) is 17.5 Å². The van der Waals surface area contributed by atoms with Crippen molar-refractivity contribution < 1.29 is 13.5 Å². The van der Waals surface area contributed by atoms with Crippen LogP contribution in [0.5, 0.6) is 0 Å². The molecule has 1 saturated carbocycles. The quantitative estimate of drug-likeness (QED) is 0.716. The average Bonchev–Trinajstić information content (AvgIpc) is 2.83. The molecule has 2 atom stereocenters. The number of nitrogens with two attached hydrogens (primary N) is 1. The molecular formula is C14H22N2O3S. The third kappa shape index (κ3) is 3.43. The van der Waals surface area contributed by atoms with E-state index in [9.17, 15) is 13.5 Å². The molecule has 0 amide bonds. The van der Waals surface area contributed by atoms with Crippen LogP contribution in [0.3, 0.4) is 0 Å². The van der Waals surface area contributed by atoms with Gasteiger partial charge in [-0.15, -0.1) is 0 Å². The molecular weight excluding hydrogens is 276 g/mol. The Labute approximate surface area is 120 Å². The van der Waals surface area contributed by atoms with Crippen molar-refractivity contribution in [2.75, 3.05) is 30.5 Å². The largest absolute Gasteiger partial charge is 0.397 e. The number of hydrogen-bond acceptors (Lipinski definition) is 5. The van der Waals surface area contributed by atoms with Crippen molar-refractivity contribution in [2.45, 2.75) is 24.2 Å². The molecule has 1 aliphatic rings. The van der Waals surface area contributed by atoms with E-state index in [1.54, 1.807) is 12.1 Å². The first-order chi connectivity index (χ1) is 9.41. The summed E-state index contributed by atoms with van der Waals surface area (Å²) >= 11 is 0. The zero-order chi connectivity index (χ0) is 14.8. The van der Waals surface area contributed by atoms with Crippen LogP contribution in [0.4, 0.5) is 11.4 Å². The Balaban J connectivity index is 2.03. The highest BCUT2D eigenvalue weighted by atomic mass is 32.2. The summed E-state index contributed by atoms with van der Waals surface area (Å²) in [4.78, 5) is 0.231. The summed E-state index contributed by atoms with van der Waals surface area (Å²) in [5, 5.41) is 12.6. The molecule has 1 fully saturated rings. The van der Waals surface area contributed by atoms with E-state index >= 15 is 0 Å². The Hall–Kier alpha value is -1.27. The number of sulfone groups is 1. The molecule has 1 aromatic carbocycles. The predicted molar refractivity (Wildman–Crippen MR) is 80.4 cm³/mol. The van der Waals surface area contributed by atoms with E-state index in [1.807, 2.05) is 0 Å². The molecule has 6 heteroatoms. The Morgan fingerprint density at radius 1 is 1.35 bits per heavy atom. The molecule has 112 valence electrons. The molecule has 0 spiro atoms. The third-order valence-corrected chi connectivity index (χ3v) is 5.17. The monoisotopic (exact) mass is 298 g/mol. The standard InChI is InChI=1S/C14H22N2O3S/c1-20(18,19)12-5-6-14(13(15)7-12)16-8-10-3-2-4-11(10)9-17/h5-7,10-11,16-17H,2-4,8-9,15H2,1H3. The molecule has 0 saturated heterocycles. The van der Waals surface area contributed by atoms with Gasteiger partial charge in [0.1, 0.15) is 0 Å². The second-order valence-corrected chi connectivity index (χ2v) is 7.55. The Kier molecular flexibility index (Phi) is 4.55. The van der Waals surface area contributed by atoms with Gasteiger partial charge in [-0.25, -0.2) is 8.42 Å². The molecule has 1 aromatic rings. The summed E-state index contributed by atoms with van der Waals surface area (Å²) in [7, 11) is -3.23. The van der Waals surface area contributed by atoms with Crippen LogP contribution in [0, 0.1) is 11.8 Å². The molecule has 0 aliphatic heterocycles. The van der Waals surface area contributed by atoms with Crippen LogP contribution in [0.1, 0.15) is 19.3 Å². The number of benzene rings is 1. The van der Waals surface area contributed by atoms with Gasteiger partial charge in [0.25, 0.3) is 0 Å². The van der Waals surface area contributed by atoms with Gasteiger partial charge in [0.05, 0.1) is 16.3 Å².